The fourth-order valence-corrected chi connectivity index (χ4v) is 1.69. The lowest BCUT2D eigenvalue weighted by atomic mass is 10.0. The minimum absolute atomic E-state index is 0.0459. The molecule has 6 heteroatoms. The third kappa shape index (κ3) is 3.09. The summed E-state index contributed by atoms with van der Waals surface area (Å²) in [4.78, 5) is 24.1. The van der Waals surface area contributed by atoms with Gasteiger partial charge in [0.25, 0.3) is 0 Å². The van der Waals surface area contributed by atoms with Crippen LogP contribution >= 0.6 is 0 Å². The molecule has 1 heterocycles. The largest absolute Gasteiger partial charge is 0.465 e. The summed E-state index contributed by atoms with van der Waals surface area (Å²) < 4.78 is 10.3. The average molecular weight is 245 g/mol. The van der Waals surface area contributed by atoms with Gasteiger partial charge in [0.05, 0.1) is 19.8 Å². The highest BCUT2D eigenvalue weighted by Crippen LogP contribution is 2.21. The lowest BCUT2D eigenvalue weighted by Crippen LogP contribution is -2.62. The van der Waals surface area contributed by atoms with Gasteiger partial charge in [0.2, 0.25) is 0 Å². The second-order valence-electron chi connectivity index (χ2n) is 4.25. The SMILES string of the molecule is CCCCOC(=O)C1(C)COCCN1C(=O)O. The van der Waals surface area contributed by atoms with E-state index in [1.165, 1.54) is 6.92 Å². The number of hydrogen-bond acceptors (Lipinski definition) is 4. The Labute approximate surface area is 100 Å². The Morgan fingerprint density at radius 3 is 2.82 bits per heavy atom. The lowest BCUT2D eigenvalue weighted by molar-refractivity contribution is -0.165. The van der Waals surface area contributed by atoms with E-state index < -0.39 is 17.6 Å². The Morgan fingerprint density at radius 2 is 2.24 bits per heavy atom. The molecule has 0 bridgehead atoms. The standard InChI is InChI=1S/C11H19NO5/c1-3-4-6-17-9(13)11(2)8-16-7-5-12(11)10(14)15/h3-8H2,1-2H3,(H,14,15). The first-order chi connectivity index (χ1) is 8.02. The van der Waals surface area contributed by atoms with E-state index in [1.807, 2.05) is 6.92 Å². The van der Waals surface area contributed by atoms with Crippen molar-refractivity contribution >= 4 is 12.1 Å². The van der Waals surface area contributed by atoms with E-state index in [0.717, 1.165) is 17.7 Å². The van der Waals surface area contributed by atoms with Gasteiger partial charge in [0, 0.05) is 6.54 Å². The second-order valence-corrected chi connectivity index (χ2v) is 4.25. The molecule has 1 N–H and O–H groups in total. The number of nitrogens with zero attached hydrogens (tertiary/aromatic N) is 1. The number of carbonyl (C=O) groups excluding carboxylic acids is 1. The molecular formula is C11H19NO5. The van der Waals surface area contributed by atoms with Gasteiger partial charge in [-0.3, -0.25) is 4.90 Å². The lowest BCUT2D eigenvalue weighted by Gasteiger charge is -2.40. The summed E-state index contributed by atoms with van der Waals surface area (Å²) in [6.07, 6.45) is 0.571. The maximum atomic E-state index is 11.9. The summed E-state index contributed by atoms with van der Waals surface area (Å²) in [5.74, 6) is -0.534. The van der Waals surface area contributed by atoms with Crippen LogP contribution in [0.5, 0.6) is 0 Å². The van der Waals surface area contributed by atoms with E-state index in [0.29, 0.717) is 13.2 Å². The van der Waals surface area contributed by atoms with Crippen LogP contribution in [-0.2, 0) is 14.3 Å². The Bertz CT molecular complexity index is 294. The maximum absolute atomic E-state index is 11.9. The number of carbonyl (C=O) groups is 2. The summed E-state index contributed by atoms with van der Waals surface area (Å²) in [5, 5.41) is 9.06. The van der Waals surface area contributed by atoms with Crippen molar-refractivity contribution in [3.63, 3.8) is 0 Å². The molecule has 1 atom stereocenters. The molecule has 1 rings (SSSR count). The molecule has 0 aromatic carbocycles. The zero-order valence-electron chi connectivity index (χ0n) is 10.3. The van der Waals surface area contributed by atoms with Gasteiger partial charge in [-0.15, -0.1) is 0 Å². The molecule has 1 aliphatic heterocycles. The normalized spacial score (nSPS) is 24.5. The van der Waals surface area contributed by atoms with Gasteiger partial charge in [-0.05, 0) is 13.3 Å². The summed E-state index contributed by atoms with van der Waals surface area (Å²) in [7, 11) is 0. The van der Waals surface area contributed by atoms with E-state index in [4.69, 9.17) is 14.6 Å². The van der Waals surface area contributed by atoms with E-state index in [2.05, 4.69) is 0 Å². The van der Waals surface area contributed by atoms with Crippen molar-refractivity contribution in [1.82, 2.24) is 4.90 Å². The van der Waals surface area contributed by atoms with Crippen LogP contribution in [0.4, 0.5) is 4.79 Å². The van der Waals surface area contributed by atoms with Crippen molar-refractivity contribution < 1.29 is 24.2 Å². The third-order valence-electron chi connectivity index (χ3n) is 2.84. The molecule has 0 aromatic rings. The highest BCUT2D eigenvalue weighted by molar-refractivity contribution is 5.85. The van der Waals surface area contributed by atoms with Crippen LogP contribution in [0.3, 0.4) is 0 Å². The van der Waals surface area contributed by atoms with Crippen LogP contribution in [0.25, 0.3) is 0 Å². The van der Waals surface area contributed by atoms with E-state index in [-0.39, 0.29) is 13.2 Å². The average Bonchev–Trinajstić information content (AvgIpc) is 2.29. The molecule has 0 saturated carbocycles. The van der Waals surface area contributed by atoms with Gasteiger partial charge >= 0.3 is 12.1 Å². The Balaban J connectivity index is 2.67. The number of carboxylic acid groups (broad SMARTS) is 1. The van der Waals surface area contributed by atoms with Crippen LogP contribution in [0.15, 0.2) is 0 Å². The van der Waals surface area contributed by atoms with Crippen molar-refractivity contribution in [2.45, 2.75) is 32.2 Å². The van der Waals surface area contributed by atoms with Crippen LogP contribution in [0, 0.1) is 0 Å². The van der Waals surface area contributed by atoms with E-state index in [9.17, 15) is 9.59 Å². The van der Waals surface area contributed by atoms with Crippen molar-refractivity contribution in [2.24, 2.45) is 0 Å². The summed E-state index contributed by atoms with van der Waals surface area (Å²) >= 11 is 0. The summed E-state index contributed by atoms with van der Waals surface area (Å²) in [6, 6.07) is 0. The van der Waals surface area contributed by atoms with Crippen LogP contribution in [0.1, 0.15) is 26.7 Å². The molecular weight excluding hydrogens is 226 g/mol. The second kappa shape index (κ2) is 5.86. The molecule has 1 fully saturated rings. The predicted molar refractivity (Wildman–Crippen MR) is 59.8 cm³/mol. The van der Waals surface area contributed by atoms with Gasteiger partial charge in [-0.1, -0.05) is 13.3 Å². The number of rotatable bonds is 4. The first-order valence-corrected chi connectivity index (χ1v) is 5.78. The van der Waals surface area contributed by atoms with Crippen molar-refractivity contribution in [3.05, 3.63) is 0 Å². The number of amides is 1. The maximum Gasteiger partial charge on any atom is 0.408 e. The van der Waals surface area contributed by atoms with Gasteiger partial charge in [0.15, 0.2) is 5.54 Å². The fourth-order valence-electron chi connectivity index (χ4n) is 1.69. The van der Waals surface area contributed by atoms with Crippen molar-refractivity contribution in [1.29, 1.82) is 0 Å². The van der Waals surface area contributed by atoms with Gasteiger partial charge < -0.3 is 14.6 Å². The fraction of sp³-hybridized carbons (Fsp3) is 0.818. The zero-order valence-corrected chi connectivity index (χ0v) is 10.3. The molecule has 1 unspecified atom stereocenters. The molecule has 0 radical (unpaired) electrons. The molecule has 98 valence electrons. The smallest absolute Gasteiger partial charge is 0.408 e. The minimum atomic E-state index is -1.22. The van der Waals surface area contributed by atoms with E-state index >= 15 is 0 Å². The topological polar surface area (TPSA) is 76.1 Å². The monoisotopic (exact) mass is 245 g/mol. The Morgan fingerprint density at radius 1 is 1.53 bits per heavy atom. The number of ether oxygens (including phenoxy) is 2. The first kappa shape index (κ1) is 13.8. The van der Waals surface area contributed by atoms with Crippen LogP contribution in [-0.4, -0.2) is 54.0 Å². The van der Waals surface area contributed by atoms with Gasteiger partial charge in [-0.25, -0.2) is 9.59 Å². The van der Waals surface area contributed by atoms with Crippen molar-refractivity contribution in [2.75, 3.05) is 26.4 Å². The molecule has 17 heavy (non-hydrogen) atoms. The predicted octanol–water partition coefficient (Wildman–Crippen LogP) is 1.10. The number of morpholine rings is 1. The quantitative estimate of drug-likeness (QED) is 0.593. The zero-order chi connectivity index (χ0) is 12.9. The molecule has 1 saturated heterocycles. The van der Waals surface area contributed by atoms with Crippen LogP contribution in [0.2, 0.25) is 0 Å². The Hall–Kier alpha value is -1.30. The molecule has 1 aliphatic rings. The summed E-state index contributed by atoms with van der Waals surface area (Å²) in [5.41, 5.74) is -1.22. The molecule has 1 amide bonds. The molecule has 0 aliphatic carbocycles. The first-order valence-electron chi connectivity index (χ1n) is 5.78. The highest BCUT2D eigenvalue weighted by Gasteiger charge is 2.46. The Kier molecular flexibility index (Phi) is 4.74. The highest BCUT2D eigenvalue weighted by atomic mass is 16.5. The molecule has 0 spiro atoms. The van der Waals surface area contributed by atoms with Crippen LogP contribution < -0.4 is 0 Å². The molecule has 6 nitrogen and oxygen atoms in total. The minimum Gasteiger partial charge on any atom is -0.465 e. The molecule has 0 aromatic heterocycles. The number of hydrogen-bond donors (Lipinski definition) is 1. The van der Waals surface area contributed by atoms with Crippen molar-refractivity contribution in [3.8, 4) is 0 Å². The number of unbranched alkanes of at least 4 members (excludes halogenated alkanes) is 1. The van der Waals surface area contributed by atoms with Gasteiger partial charge in [-0.2, -0.15) is 0 Å². The van der Waals surface area contributed by atoms with Gasteiger partial charge in [0.1, 0.15) is 0 Å². The summed E-state index contributed by atoms with van der Waals surface area (Å²) in [6.45, 7) is 4.39. The third-order valence-corrected chi connectivity index (χ3v) is 2.84. The number of esters is 1. The van der Waals surface area contributed by atoms with E-state index in [1.54, 1.807) is 0 Å².